The van der Waals surface area contributed by atoms with Crippen molar-refractivity contribution in [1.82, 2.24) is 5.32 Å². The lowest BCUT2D eigenvalue weighted by atomic mass is 10.1. The molecule has 3 N–H and O–H groups in total. The molecule has 0 saturated heterocycles. The summed E-state index contributed by atoms with van der Waals surface area (Å²) in [5.41, 5.74) is 6.68. The van der Waals surface area contributed by atoms with Crippen LogP contribution in [-0.2, 0) is 11.2 Å². The minimum atomic E-state index is 0. The number of guanidine groups is 1. The lowest BCUT2D eigenvalue weighted by Gasteiger charge is -2.08. The lowest BCUT2D eigenvalue weighted by Crippen LogP contribution is -2.33. The first-order valence-electron chi connectivity index (χ1n) is 6.69. The Labute approximate surface area is 153 Å². The molecule has 0 aliphatic rings. The molecule has 0 bridgehead atoms. The highest BCUT2D eigenvalue weighted by molar-refractivity contribution is 14.0. The van der Waals surface area contributed by atoms with Crippen LogP contribution in [0, 0.1) is 0 Å². The fourth-order valence-electron chi connectivity index (χ4n) is 1.65. The molecule has 0 atom stereocenters. The number of benzene rings is 1. The van der Waals surface area contributed by atoms with E-state index >= 15 is 0 Å². The van der Waals surface area contributed by atoms with E-state index < -0.39 is 0 Å². The quantitative estimate of drug-likeness (QED) is 0.278. The third-order valence-electron chi connectivity index (χ3n) is 2.68. The predicted octanol–water partition coefficient (Wildman–Crippen LogP) is 3.48. The fraction of sp³-hybridized carbons (Fsp3) is 0.500. The van der Waals surface area contributed by atoms with E-state index in [2.05, 4.69) is 10.3 Å². The van der Waals surface area contributed by atoms with Crippen LogP contribution in [0.15, 0.2) is 23.2 Å². The van der Waals surface area contributed by atoms with Crippen molar-refractivity contribution < 1.29 is 4.74 Å². The first-order chi connectivity index (χ1) is 9.65. The van der Waals surface area contributed by atoms with E-state index in [0.717, 1.165) is 18.6 Å². The van der Waals surface area contributed by atoms with Gasteiger partial charge in [0.25, 0.3) is 0 Å². The normalized spacial score (nSPS) is 11.1. The number of nitrogens with zero attached hydrogens (tertiary/aromatic N) is 1. The van der Waals surface area contributed by atoms with Gasteiger partial charge in [0.15, 0.2) is 5.96 Å². The molecule has 21 heavy (non-hydrogen) atoms. The Morgan fingerprint density at radius 2 is 2.00 bits per heavy atom. The molecular formula is C14H22Cl2IN3O. The van der Waals surface area contributed by atoms with Crippen LogP contribution in [0.3, 0.4) is 0 Å². The van der Waals surface area contributed by atoms with E-state index in [1.54, 1.807) is 0 Å². The van der Waals surface area contributed by atoms with Crippen LogP contribution >= 0.6 is 47.2 Å². The van der Waals surface area contributed by atoms with E-state index in [1.807, 2.05) is 25.1 Å². The third-order valence-corrected chi connectivity index (χ3v) is 3.38. The highest BCUT2D eigenvalue weighted by atomic mass is 127. The summed E-state index contributed by atoms with van der Waals surface area (Å²) in [6, 6.07) is 5.48. The standard InChI is InChI=1S/C14H21Cl2N3O.HI/c1-2-20-10-4-8-18-14(17)19-9-7-11-12(15)5-3-6-13(11)16;/h3,5-6H,2,4,7-10H2,1H3,(H3,17,18,19);1H. The molecular weight excluding hydrogens is 424 g/mol. The van der Waals surface area contributed by atoms with Crippen molar-refractivity contribution in [1.29, 1.82) is 0 Å². The second-order valence-corrected chi connectivity index (χ2v) is 5.01. The van der Waals surface area contributed by atoms with Gasteiger partial charge in [-0.2, -0.15) is 0 Å². The minimum absolute atomic E-state index is 0. The summed E-state index contributed by atoms with van der Waals surface area (Å²) in [5.74, 6) is 0.435. The molecule has 0 aromatic heterocycles. The zero-order valence-corrected chi connectivity index (χ0v) is 15.9. The van der Waals surface area contributed by atoms with Crippen LogP contribution in [0.4, 0.5) is 0 Å². The van der Waals surface area contributed by atoms with Gasteiger partial charge in [-0.25, -0.2) is 0 Å². The lowest BCUT2D eigenvalue weighted by molar-refractivity contribution is 0.146. The van der Waals surface area contributed by atoms with Gasteiger partial charge in [-0.1, -0.05) is 29.3 Å². The summed E-state index contributed by atoms with van der Waals surface area (Å²) in [6.45, 7) is 4.72. The second-order valence-electron chi connectivity index (χ2n) is 4.19. The van der Waals surface area contributed by atoms with Crippen LogP contribution < -0.4 is 11.1 Å². The molecule has 0 spiro atoms. The first kappa shape index (κ1) is 20.8. The van der Waals surface area contributed by atoms with Crippen molar-refractivity contribution in [2.45, 2.75) is 19.8 Å². The molecule has 4 nitrogen and oxygen atoms in total. The Morgan fingerprint density at radius 3 is 2.62 bits per heavy atom. The first-order valence-corrected chi connectivity index (χ1v) is 7.45. The summed E-state index contributed by atoms with van der Waals surface area (Å²) >= 11 is 12.2. The van der Waals surface area contributed by atoms with Crippen molar-refractivity contribution in [3.8, 4) is 0 Å². The zero-order valence-electron chi connectivity index (χ0n) is 12.1. The van der Waals surface area contributed by atoms with Gasteiger partial charge in [0.05, 0.1) is 0 Å². The van der Waals surface area contributed by atoms with E-state index in [4.69, 9.17) is 33.7 Å². The van der Waals surface area contributed by atoms with Gasteiger partial charge in [0, 0.05) is 36.3 Å². The molecule has 0 aliphatic carbocycles. The smallest absolute Gasteiger partial charge is 0.188 e. The van der Waals surface area contributed by atoms with Crippen molar-refractivity contribution in [3.05, 3.63) is 33.8 Å². The Balaban J connectivity index is 0.00000400. The van der Waals surface area contributed by atoms with E-state index in [0.29, 0.717) is 42.1 Å². The summed E-state index contributed by atoms with van der Waals surface area (Å²) in [5, 5.41) is 4.39. The van der Waals surface area contributed by atoms with Crippen molar-refractivity contribution in [3.63, 3.8) is 0 Å². The molecule has 7 heteroatoms. The zero-order chi connectivity index (χ0) is 14.8. The Morgan fingerprint density at radius 1 is 1.33 bits per heavy atom. The predicted molar refractivity (Wildman–Crippen MR) is 101 cm³/mol. The van der Waals surface area contributed by atoms with Gasteiger partial charge in [-0.05, 0) is 37.5 Å². The van der Waals surface area contributed by atoms with Crippen LogP contribution in [0.1, 0.15) is 18.9 Å². The molecule has 1 rings (SSSR count). The molecule has 0 unspecified atom stereocenters. The minimum Gasteiger partial charge on any atom is -0.382 e. The summed E-state index contributed by atoms with van der Waals surface area (Å²) in [6.07, 6.45) is 1.57. The van der Waals surface area contributed by atoms with E-state index in [-0.39, 0.29) is 24.0 Å². The SMILES string of the molecule is CCOCCCN=C(N)NCCc1c(Cl)cccc1Cl.I. The Hall–Kier alpha value is -0.240. The number of aliphatic imine (C=N–C) groups is 1. The fourth-order valence-corrected chi connectivity index (χ4v) is 2.24. The summed E-state index contributed by atoms with van der Waals surface area (Å²) in [7, 11) is 0. The number of ether oxygens (including phenoxy) is 1. The van der Waals surface area contributed by atoms with Crippen molar-refractivity contribution in [2.75, 3.05) is 26.3 Å². The van der Waals surface area contributed by atoms with Gasteiger partial charge in [-0.3, -0.25) is 4.99 Å². The van der Waals surface area contributed by atoms with Gasteiger partial charge >= 0.3 is 0 Å². The molecule has 0 aliphatic heterocycles. The Kier molecular flexibility index (Phi) is 12.2. The number of nitrogens with two attached hydrogens (primary N) is 1. The number of rotatable bonds is 8. The van der Waals surface area contributed by atoms with Crippen molar-refractivity contribution in [2.24, 2.45) is 10.7 Å². The second kappa shape index (κ2) is 12.3. The van der Waals surface area contributed by atoms with Crippen molar-refractivity contribution >= 4 is 53.1 Å². The molecule has 0 amide bonds. The number of nitrogens with one attached hydrogen (secondary N) is 1. The average molecular weight is 446 g/mol. The maximum absolute atomic E-state index is 6.09. The molecule has 1 aromatic carbocycles. The van der Waals surface area contributed by atoms with Crippen LogP contribution in [0.2, 0.25) is 10.0 Å². The van der Waals surface area contributed by atoms with Crippen LogP contribution in [0.25, 0.3) is 0 Å². The molecule has 120 valence electrons. The van der Waals surface area contributed by atoms with Gasteiger partial charge in [-0.15, -0.1) is 24.0 Å². The topological polar surface area (TPSA) is 59.6 Å². The Bertz CT molecular complexity index is 424. The van der Waals surface area contributed by atoms with Crippen LogP contribution in [-0.4, -0.2) is 32.3 Å². The summed E-state index contributed by atoms with van der Waals surface area (Å²) < 4.78 is 5.22. The summed E-state index contributed by atoms with van der Waals surface area (Å²) in [4.78, 5) is 4.21. The molecule has 0 radical (unpaired) electrons. The maximum atomic E-state index is 6.09. The molecule has 0 fully saturated rings. The van der Waals surface area contributed by atoms with Gasteiger partial charge in [0.2, 0.25) is 0 Å². The largest absolute Gasteiger partial charge is 0.382 e. The number of halogens is 3. The third kappa shape index (κ3) is 8.70. The highest BCUT2D eigenvalue weighted by Crippen LogP contribution is 2.24. The molecule has 1 aromatic rings. The molecule has 0 heterocycles. The molecule has 0 saturated carbocycles. The maximum Gasteiger partial charge on any atom is 0.188 e. The van der Waals surface area contributed by atoms with Crippen LogP contribution in [0.5, 0.6) is 0 Å². The van der Waals surface area contributed by atoms with Gasteiger partial charge < -0.3 is 15.8 Å². The number of hydrogen-bond acceptors (Lipinski definition) is 2. The van der Waals surface area contributed by atoms with E-state index in [1.165, 1.54) is 0 Å². The monoisotopic (exact) mass is 445 g/mol. The average Bonchev–Trinajstić information content (AvgIpc) is 2.42. The number of hydrogen-bond donors (Lipinski definition) is 2. The highest BCUT2D eigenvalue weighted by Gasteiger charge is 2.04. The van der Waals surface area contributed by atoms with Gasteiger partial charge in [0.1, 0.15) is 0 Å². The van der Waals surface area contributed by atoms with E-state index in [9.17, 15) is 0 Å².